The molecule has 1 aromatic rings. The van der Waals surface area contributed by atoms with Crippen molar-refractivity contribution >= 4 is 17.6 Å². The van der Waals surface area contributed by atoms with Gasteiger partial charge in [-0.05, 0) is 31.4 Å². The average molecular weight is 389 g/mol. The predicted octanol–water partition coefficient (Wildman–Crippen LogP) is 3.48. The van der Waals surface area contributed by atoms with Gasteiger partial charge in [-0.2, -0.15) is 0 Å². The fraction of sp³-hybridized carbons (Fsp3) is 0.682. The first kappa shape index (κ1) is 22.2. The topological polar surface area (TPSA) is 65.5 Å². The van der Waals surface area contributed by atoms with E-state index in [0.717, 1.165) is 57.7 Å². The maximum atomic E-state index is 12.5. The summed E-state index contributed by atoms with van der Waals surface area (Å²) in [4.78, 5) is 33.4. The molecule has 6 heteroatoms. The molecule has 1 fully saturated rings. The Hall–Kier alpha value is -2.11. The number of unbranched alkanes of at least 4 members (excludes halogenated alkanes) is 3. The van der Waals surface area contributed by atoms with Crippen molar-refractivity contribution in [3.63, 3.8) is 0 Å². The Balaban J connectivity index is 1.81. The maximum absolute atomic E-state index is 12.5. The van der Waals surface area contributed by atoms with Crippen LogP contribution < -0.4 is 10.2 Å². The molecule has 2 amide bonds. The summed E-state index contributed by atoms with van der Waals surface area (Å²) in [5.74, 6) is 1.23. The summed E-state index contributed by atoms with van der Waals surface area (Å²) in [6.07, 6.45) is 8.03. The molecule has 1 aliphatic rings. The molecule has 2 heterocycles. The molecule has 0 spiro atoms. The first-order valence-electron chi connectivity index (χ1n) is 10.9. The third-order valence-corrected chi connectivity index (χ3v) is 5.58. The van der Waals surface area contributed by atoms with Gasteiger partial charge >= 0.3 is 0 Å². The second-order valence-corrected chi connectivity index (χ2v) is 7.55. The first-order valence-corrected chi connectivity index (χ1v) is 10.9. The standard InChI is InChI=1S/C22H36N4O2/c1-4-7-8-9-12-23-21(27)19-10-11-20(24-17-19)25-13-15-26(16-14-25)22(28)18(5-2)6-3/h10-11,17-18H,4-9,12-16H2,1-3H3,(H,23,27). The van der Waals surface area contributed by atoms with Gasteiger partial charge in [-0.1, -0.05) is 40.0 Å². The van der Waals surface area contributed by atoms with Crippen molar-refractivity contribution in [2.75, 3.05) is 37.6 Å². The zero-order valence-electron chi connectivity index (χ0n) is 17.7. The van der Waals surface area contributed by atoms with Crippen molar-refractivity contribution in [3.8, 4) is 0 Å². The normalized spacial score (nSPS) is 14.4. The van der Waals surface area contributed by atoms with Crippen molar-refractivity contribution in [1.29, 1.82) is 0 Å². The Kier molecular flexibility index (Phi) is 9.24. The number of hydrogen-bond acceptors (Lipinski definition) is 4. The van der Waals surface area contributed by atoms with Gasteiger partial charge in [0.1, 0.15) is 5.82 Å². The molecule has 1 N–H and O–H groups in total. The van der Waals surface area contributed by atoms with Gasteiger partial charge in [0.2, 0.25) is 5.91 Å². The van der Waals surface area contributed by atoms with E-state index >= 15 is 0 Å². The van der Waals surface area contributed by atoms with Crippen LogP contribution in [0.4, 0.5) is 5.82 Å². The lowest BCUT2D eigenvalue weighted by molar-refractivity contribution is -0.136. The number of hydrogen-bond donors (Lipinski definition) is 1. The number of amides is 2. The van der Waals surface area contributed by atoms with Gasteiger partial charge in [0.25, 0.3) is 5.91 Å². The molecule has 0 radical (unpaired) electrons. The maximum Gasteiger partial charge on any atom is 0.252 e. The minimum atomic E-state index is -0.0591. The molecule has 0 saturated carbocycles. The van der Waals surface area contributed by atoms with E-state index in [1.165, 1.54) is 12.8 Å². The summed E-state index contributed by atoms with van der Waals surface area (Å²) < 4.78 is 0. The number of carbonyl (C=O) groups is 2. The third-order valence-electron chi connectivity index (χ3n) is 5.58. The molecular formula is C22H36N4O2. The molecule has 0 aromatic carbocycles. The number of carbonyl (C=O) groups excluding carboxylic acids is 2. The monoisotopic (exact) mass is 388 g/mol. The van der Waals surface area contributed by atoms with Gasteiger partial charge in [0, 0.05) is 44.8 Å². The second-order valence-electron chi connectivity index (χ2n) is 7.55. The Bertz CT molecular complexity index is 605. The molecular weight excluding hydrogens is 352 g/mol. The summed E-state index contributed by atoms with van der Waals surface area (Å²) in [6.45, 7) is 10.1. The lowest BCUT2D eigenvalue weighted by atomic mass is 10.0. The summed E-state index contributed by atoms with van der Waals surface area (Å²) in [7, 11) is 0. The SMILES string of the molecule is CCCCCCNC(=O)c1ccc(N2CCN(C(=O)C(CC)CC)CC2)nc1. The van der Waals surface area contributed by atoms with E-state index in [1.807, 2.05) is 17.0 Å². The largest absolute Gasteiger partial charge is 0.353 e. The van der Waals surface area contributed by atoms with Crippen LogP contribution >= 0.6 is 0 Å². The highest BCUT2D eigenvalue weighted by molar-refractivity contribution is 5.94. The number of piperazine rings is 1. The molecule has 2 rings (SSSR count). The van der Waals surface area contributed by atoms with Gasteiger partial charge in [-0.25, -0.2) is 4.98 Å². The van der Waals surface area contributed by atoms with E-state index in [0.29, 0.717) is 12.1 Å². The quantitative estimate of drug-likeness (QED) is 0.623. The minimum absolute atomic E-state index is 0.0591. The highest BCUT2D eigenvalue weighted by Gasteiger charge is 2.25. The highest BCUT2D eigenvalue weighted by Crippen LogP contribution is 2.17. The van der Waals surface area contributed by atoms with Crippen LogP contribution in [0.5, 0.6) is 0 Å². The van der Waals surface area contributed by atoms with Crippen LogP contribution in [0.1, 0.15) is 69.7 Å². The average Bonchev–Trinajstić information content (AvgIpc) is 2.74. The number of nitrogens with one attached hydrogen (secondary N) is 1. The molecule has 6 nitrogen and oxygen atoms in total. The number of rotatable bonds is 10. The second kappa shape index (κ2) is 11.7. The van der Waals surface area contributed by atoms with Crippen molar-refractivity contribution in [3.05, 3.63) is 23.9 Å². The fourth-order valence-electron chi connectivity index (χ4n) is 3.62. The van der Waals surface area contributed by atoms with Crippen LogP contribution in [0.25, 0.3) is 0 Å². The molecule has 1 saturated heterocycles. The molecule has 1 aliphatic heterocycles. The molecule has 0 bridgehead atoms. The van der Waals surface area contributed by atoms with Gasteiger partial charge in [-0.15, -0.1) is 0 Å². The molecule has 0 unspecified atom stereocenters. The third kappa shape index (κ3) is 6.21. The highest BCUT2D eigenvalue weighted by atomic mass is 16.2. The minimum Gasteiger partial charge on any atom is -0.353 e. The van der Waals surface area contributed by atoms with Gasteiger partial charge in [-0.3, -0.25) is 9.59 Å². The van der Waals surface area contributed by atoms with Crippen LogP contribution in [0.3, 0.4) is 0 Å². The summed E-state index contributed by atoms with van der Waals surface area (Å²) in [6, 6.07) is 3.75. The Morgan fingerprint density at radius 2 is 1.75 bits per heavy atom. The van der Waals surface area contributed by atoms with Crippen LogP contribution in [-0.4, -0.2) is 54.4 Å². The van der Waals surface area contributed by atoms with Crippen LogP contribution in [0.2, 0.25) is 0 Å². The zero-order chi connectivity index (χ0) is 20.4. The molecule has 0 atom stereocenters. The van der Waals surface area contributed by atoms with Crippen LogP contribution in [0.15, 0.2) is 18.3 Å². The van der Waals surface area contributed by atoms with E-state index in [9.17, 15) is 9.59 Å². The van der Waals surface area contributed by atoms with E-state index in [2.05, 4.69) is 36.0 Å². The smallest absolute Gasteiger partial charge is 0.252 e. The Morgan fingerprint density at radius 3 is 2.32 bits per heavy atom. The van der Waals surface area contributed by atoms with Gasteiger partial charge in [0.15, 0.2) is 0 Å². The molecule has 156 valence electrons. The molecule has 28 heavy (non-hydrogen) atoms. The Labute approximate surface area is 169 Å². The number of aromatic nitrogens is 1. The van der Waals surface area contributed by atoms with Crippen molar-refractivity contribution in [1.82, 2.24) is 15.2 Å². The van der Waals surface area contributed by atoms with E-state index < -0.39 is 0 Å². The Morgan fingerprint density at radius 1 is 1.04 bits per heavy atom. The molecule has 0 aliphatic carbocycles. The lowest BCUT2D eigenvalue weighted by Gasteiger charge is -2.36. The summed E-state index contributed by atoms with van der Waals surface area (Å²) >= 11 is 0. The van der Waals surface area contributed by atoms with Gasteiger partial charge < -0.3 is 15.1 Å². The zero-order valence-corrected chi connectivity index (χ0v) is 17.7. The summed E-state index contributed by atoms with van der Waals surface area (Å²) in [5, 5.41) is 2.96. The van der Waals surface area contributed by atoms with E-state index in [4.69, 9.17) is 0 Å². The summed E-state index contributed by atoms with van der Waals surface area (Å²) in [5.41, 5.74) is 0.599. The molecule has 1 aromatic heterocycles. The fourth-order valence-corrected chi connectivity index (χ4v) is 3.62. The van der Waals surface area contributed by atoms with E-state index in [1.54, 1.807) is 6.20 Å². The lowest BCUT2D eigenvalue weighted by Crippen LogP contribution is -2.50. The number of nitrogens with zero attached hydrogens (tertiary/aromatic N) is 3. The van der Waals surface area contributed by atoms with Crippen LogP contribution in [-0.2, 0) is 4.79 Å². The number of pyridine rings is 1. The van der Waals surface area contributed by atoms with Gasteiger partial charge in [0.05, 0.1) is 5.56 Å². The predicted molar refractivity (Wildman–Crippen MR) is 114 cm³/mol. The van der Waals surface area contributed by atoms with Crippen molar-refractivity contribution in [2.45, 2.75) is 59.3 Å². The first-order chi connectivity index (χ1) is 13.6. The van der Waals surface area contributed by atoms with Crippen LogP contribution in [0, 0.1) is 5.92 Å². The van der Waals surface area contributed by atoms with E-state index in [-0.39, 0.29) is 17.7 Å². The number of anilines is 1. The van der Waals surface area contributed by atoms with Crippen molar-refractivity contribution < 1.29 is 9.59 Å². The van der Waals surface area contributed by atoms with Crippen molar-refractivity contribution in [2.24, 2.45) is 5.92 Å².